The third kappa shape index (κ3) is 2.83. The molecule has 0 heterocycles. The highest BCUT2D eigenvalue weighted by Crippen LogP contribution is 2.52. The van der Waals surface area contributed by atoms with Crippen LogP contribution in [0.4, 0.5) is 0 Å². The highest BCUT2D eigenvalue weighted by atomic mass is 16.6. The first kappa shape index (κ1) is 17.0. The molecule has 0 aromatic carbocycles. The smallest absolute Gasteiger partial charge is 0.303 e. The van der Waals surface area contributed by atoms with Crippen LogP contribution >= 0.6 is 0 Å². The van der Waals surface area contributed by atoms with E-state index in [1.165, 1.54) is 6.92 Å². The van der Waals surface area contributed by atoms with Gasteiger partial charge in [-0.15, -0.1) is 6.58 Å². The Bertz CT molecular complexity index is 412. The number of rotatable bonds is 4. The SMILES string of the molecule is C=C[C@@]1(C)C[C@@H](O)[C@](OC(C)=O)(C(C)C)C[C@@H]1C(=C)C. The van der Waals surface area contributed by atoms with Crippen LogP contribution in [0.2, 0.25) is 0 Å². The molecule has 114 valence electrons. The predicted molar refractivity (Wildman–Crippen MR) is 81.2 cm³/mol. The van der Waals surface area contributed by atoms with Crippen molar-refractivity contribution in [1.82, 2.24) is 0 Å². The molecule has 1 aliphatic rings. The molecule has 1 aliphatic carbocycles. The number of esters is 1. The van der Waals surface area contributed by atoms with E-state index in [9.17, 15) is 9.90 Å². The Kier molecular flexibility index (Phi) is 4.86. The first-order valence-corrected chi connectivity index (χ1v) is 7.25. The van der Waals surface area contributed by atoms with Crippen molar-refractivity contribution in [2.75, 3.05) is 0 Å². The molecule has 1 fully saturated rings. The van der Waals surface area contributed by atoms with E-state index in [0.717, 1.165) is 5.57 Å². The van der Waals surface area contributed by atoms with Gasteiger partial charge in [0.1, 0.15) is 5.60 Å². The second-order valence-corrected chi connectivity index (χ2v) is 6.74. The van der Waals surface area contributed by atoms with E-state index in [4.69, 9.17) is 4.74 Å². The molecular weight excluding hydrogens is 252 g/mol. The molecule has 0 aromatic heterocycles. The molecule has 1 rings (SSSR count). The number of hydrogen-bond donors (Lipinski definition) is 1. The first-order valence-electron chi connectivity index (χ1n) is 7.25. The van der Waals surface area contributed by atoms with Crippen LogP contribution in [0.25, 0.3) is 0 Å². The molecule has 0 amide bonds. The third-order valence-electron chi connectivity index (χ3n) is 4.89. The second kappa shape index (κ2) is 5.72. The van der Waals surface area contributed by atoms with Crippen LogP contribution in [0, 0.1) is 17.3 Å². The molecule has 4 atom stereocenters. The molecule has 1 saturated carbocycles. The Morgan fingerprint density at radius 1 is 1.40 bits per heavy atom. The van der Waals surface area contributed by atoms with Gasteiger partial charge in [-0.3, -0.25) is 4.79 Å². The minimum Gasteiger partial charge on any atom is -0.456 e. The van der Waals surface area contributed by atoms with Crippen LogP contribution < -0.4 is 0 Å². The van der Waals surface area contributed by atoms with Crippen LogP contribution in [0.3, 0.4) is 0 Å². The summed E-state index contributed by atoms with van der Waals surface area (Å²) < 4.78 is 5.61. The standard InChI is InChI=1S/C17H28O3/c1-8-16(7)10-15(19)17(12(4)5,20-13(6)18)9-14(16)11(2)3/h8,12,14-15,19H,1-2,9-10H2,3-7H3/t14-,15-,16+,17-/m1/s1. The number of aliphatic hydroxyl groups excluding tert-OH is 1. The van der Waals surface area contributed by atoms with Gasteiger partial charge in [-0.2, -0.15) is 0 Å². The van der Waals surface area contributed by atoms with Crippen molar-refractivity contribution in [3.8, 4) is 0 Å². The Morgan fingerprint density at radius 3 is 2.30 bits per heavy atom. The van der Waals surface area contributed by atoms with Crippen molar-refractivity contribution in [2.24, 2.45) is 17.3 Å². The minimum absolute atomic E-state index is 0.0395. The van der Waals surface area contributed by atoms with E-state index in [-0.39, 0.29) is 23.2 Å². The van der Waals surface area contributed by atoms with Gasteiger partial charge in [-0.25, -0.2) is 0 Å². The zero-order valence-corrected chi connectivity index (χ0v) is 13.4. The van der Waals surface area contributed by atoms with Gasteiger partial charge in [0.15, 0.2) is 0 Å². The fraction of sp³-hybridized carbons (Fsp3) is 0.706. The summed E-state index contributed by atoms with van der Waals surface area (Å²) in [6.45, 7) is 17.4. The lowest BCUT2D eigenvalue weighted by molar-refractivity contribution is -0.201. The molecule has 0 spiro atoms. The maximum Gasteiger partial charge on any atom is 0.303 e. The van der Waals surface area contributed by atoms with Gasteiger partial charge < -0.3 is 9.84 Å². The van der Waals surface area contributed by atoms with E-state index >= 15 is 0 Å². The molecule has 0 aromatic rings. The average Bonchev–Trinajstić information content (AvgIpc) is 2.31. The Morgan fingerprint density at radius 2 is 1.95 bits per heavy atom. The summed E-state index contributed by atoms with van der Waals surface area (Å²) in [6, 6.07) is 0. The maximum absolute atomic E-state index is 11.5. The zero-order chi connectivity index (χ0) is 15.7. The van der Waals surface area contributed by atoms with Gasteiger partial charge in [-0.1, -0.05) is 39.0 Å². The van der Waals surface area contributed by atoms with Crippen molar-refractivity contribution >= 4 is 5.97 Å². The molecule has 0 radical (unpaired) electrons. The van der Waals surface area contributed by atoms with Gasteiger partial charge in [0.05, 0.1) is 6.10 Å². The largest absolute Gasteiger partial charge is 0.456 e. The normalized spacial score (nSPS) is 37.5. The van der Waals surface area contributed by atoms with Gasteiger partial charge >= 0.3 is 5.97 Å². The van der Waals surface area contributed by atoms with E-state index in [0.29, 0.717) is 12.8 Å². The molecule has 3 heteroatoms. The summed E-state index contributed by atoms with van der Waals surface area (Å²) in [5.74, 6) is -0.164. The van der Waals surface area contributed by atoms with Crippen LogP contribution in [0.5, 0.6) is 0 Å². The minimum atomic E-state index is -0.835. The number of ether oxygens (including phenoxy) is 1. The van der Waals surface area contributed by atoms with E-state index in [1.807, 2.05) is 26.8 Å². The Balaban J connectivity index is 3.25. The van der Waals surface area contributed by atoms with Gasteiger partial charge in [-0.05, 0) is 37.0 Å². The van der Waals surface area contributed by atoms with Gasteiger partial charge in [0.2, 0.25) is 0 Å². The first-order chi connectivity index (χ1) is 9.09. The molecule has 3 nitrogen and oxygen atoms in total. The predicted octanol–water partition coefficient (Wildman–Crippen LogP) is 3.48. The van der Waals surface area contributed by atoms with Crippen molar-refractivity contribution in [2.45, 2.75) is 59.2 Å². The fourth-order valence-electron chi connectivity index (χ4n) is 3.50. The Hall–Kier alpha value is -1.09. The molecule has 0 aliphatic heterocycles. The topological polar surface area (TPSA) is 46.5 Å². The van der Waals surface area contributed by atoms with Crippen molar-refractivity contribution in [3.63, 3.8) is 0 Å². The van der Waals surface area contributed by atoms with Crippen LogP contribution in [0.1, 0.15) is 47.5 Å². The van der Waals surface area contributed by atoms with Gasteiger partial charge in [0, 0.05) is 6.92 Å². The highest BCUT2D eigenvalue weighted by molar-refractivity contribution is 5.66. The quantitative estimate of drug-likeness (QED) is 0.633. The highest BCUT2D eigenvalue weighted by Gasteiger charge is 2.54. The van der Waals surface area contributed by atoms with Crippen LogP contribution in [-0.2, 0) is 9.53 Å². The summed E-state index contributed by atoms with van der Waals surface area (Å²) in [7, 11) is 0. The van der Waals surface area contributed by atoms with Gasteiger partial charge in [0.25, 0.3) is 0 Å². The lowest BCUT2D eigenvalue weighted by Gasteiger charge is -2.53. The van der Waals surface area contributed by atoms with E-state index in [1.54, 1.807) is 0 Å². The molecule has 20 heavy (non-hydrogen) atoms. The third-order valence-corrected chi connectivity index (χ3v) is 4.89. The lowest BCUT2D eigenvalue weighted by Crippen LogP contribution is -2.58. The summed E-state index contributed by atoms with van der Waals surface area (Å²) in [5, 5.41) is 10.7. The molecule has 0 unspecified atom stereocenters. The van der Waals surface area contributed by atoms with Crippen LogP contribution in [-0.4, -0.2) is 22.8 Å². The molecule has 1 N–H and O–H groups in total. The molecule has 0 bridgehead atoms. The van der Waals surface area contributed by atoms with Crippen molar-refractivity contribution < 1.29 is 14.6 Å². The monoisotopic (exact) mass is 280 g/mol. The summed E-state index contributed by atoms with van der Waals surface area (Å²) in [4.78, 5) is 11.5. The Labute approximate surface area is 122 Å². The number of carbonyl (C=O) groups excluding carboxylic acids is 1. The molecule has 0 saturated heterocycles. The zero-order valence-electron chi connectivity index (χ0n) is 13.4. The summed E-state index contributed by atoms with van der Waals surface area (Å²) >= 11 is 0. The number of allylic oxidation sites excluding steroid dienone is 2. The average molecular weight is 280 g/mol. The van der Waals surface area contributed by atoms with E-state index < -0.39 is 11.7 Å². The summed E-state index contributed by atoms with van der Waals surface area (Å²) in [6.07, 6.45) is 2.32. The molecular formula is C17H28O3. The van der Waals surface area contributed by atoms with Crippen molar-refractivity contribution in [1.29, 1.82) is 0 Å². The number of carbonyl (C=O) groups is 1. The van der Waals surface area contributed by atoms with Crippen molar-refractivity contribution in [3.05, 3.63) is 24.8 Å². The van der Waals surface area contributed by atoms with Crippen LogP contribution in [0.15, 0.2) is 24.8 Å². The van der Waals surface area contributed by atoms with E-state index in [2.05, 4.69) is 20.1 Å². The fourth-order valence-corrected chi connectivity index (χ4v) is 3.50. The second-order valence-electron chi connectivity index (χ2n) is 6.74. The lowest BCUT2D eigenvalue weighted by atomic mass is 9.57. The number of hydrogen-bond acceptors (Lipinski definition) is 3. The maximum atomic E-state index is 11.5. The number of aliphatic hydroxyl groups is 1. The summed E-state index contributed by atoms with van der Waals surface area (Å²) in [5.41, 5.74) is -0.0154.